The molecule has 31 heavy (non-hydrogen) atoms. The molecule has 0 fully saturated rings. The van der Waals surface area contributed by atoms with Gasteiger partial charge < -0.3 is 10.6 Å². The Labute approximate surface area is 180 Å². The van der Waals surface area contributed by atoms with E-state index in [1.165, 1.54) is 0 Å². The second kappa shape index (κ2) is 7.92. The van der Waals surface area contributed by atoms with Crippen molar-refractivity contribution in [2.75, 3.05) is 5.32 Å². The summed E-state index contributed by atoms with van der Waals surface area (Å²) in [5.74, 6) is 0.313. The van der Waals surface area contributed by atoms with Gasteiger partial charge in [-0.2, -0.15) is 10.2 Å². The maximum Gasteiger partial charge on any atom is 0.251 e. The number of nitriles is 1. The topological polar surface area (TPSA) is 95.1 Å². The molecular formula is C24H22N6O. The van der Waals surface area contributed by atoms with Crippen molar-refractivity contribution in [2.24, 2.45) is 0 Å². The highest BCUT2D eigenvalue weighted by Gasteiger charge is 2.15. The van der Waals surface area contributed by atoms with Crippen LogP contribution in [0.25, 0.3) is 16.8 Å². The first-order chi connectivity index (χ1) is 14.8. The van der Waals surface area contributed by atoms with Crippen LogP contribution in [-0.4, -0.2) is 26.0 Å². The van der Waals surface area contributed by atoms with Crippen molar-refractivity contribution in [1.29, 1.82) is 5.26 Å². The van der Waals surface area contributed by atoms with Crippen LogP contribution in [0.15, 0.2) is 66.9 Å². The number of benzene rings is 2. The Morgan fingerprint density at radius 3 is 2.42 bits per heavy atom. The molecule has 154 valence electrons. The van der Waals surface area contributed by atoms with Gasteiger partial charge in [0.1, 0.15) is 6.07 Å². The molecule has 0 radical (unpaired) electrons. The van der Waals surface area contributed by atoms with Gasteiger partial charge in [-0.25, -0.2) is 4.52 Å². The second-order valence-corrected chi connectivity index (χ2v) is 8.22. The zero-order chi connectivity index (χ0) is 22.0. The SMILES string of the molecule is CC(C)(C)NC(=O)c1ccc(-c2ccc3nc(Nc4ccccc4C#N)nn3c2)cc1. The largest absolute Gasteiger partial charge is 0.347 e. The van der Waals surface area contributed by atoms with Crippen molar-refractivity contribution < 1.29 is 4.79 Å². The lowest BCUT2D eigenvalue weighted by Gasteiger charge is -2.20. The van der Waals surface area contributed by atoms with E-state index in [0.717, 1.165) is 11.1 Å². The van der Waals surface area contributed by atoms with Gasteiger partial charge in [-0.1, -0.05) is 24.3 Å². The summed E-state index contributed by atoms with van der Waals surface area (Å²) in [5.41, 5.74) is 4.11. The summed E-state index contributed by atoms with van der Waals surface area (Å²) < 4.78 is 1.69. The van der Waals surface area contributed by atoms with Crippen molar-refractivity contribution in [3.8, 4) is 17.2 Å². The Morgan fingerprint density at radius 2 is 1.71 bits per heavy atom. The molecule has 2 heterocycles. The van der Waals surface area contributed by atoms with Gasteiger partial charge >= 0.3 is 0 Å². The number of fused-ring (bicyclic) bond motifs is 1. The van der Waals surface area contributed by atoms with E-state index in [2.05, 4.69) is 26.8 Å². The number of rotatable bonds is 4. The van der Waals surface area contributed by atoms with E-state index in [4.69, 9.17) is 0 Å². The third-order valence-corrected chi connectivity index (χ3v) is 4.59. The van der Waals surface area contributed by atoms with Crippen LogP contribution in [0.2, 0.25) is 0 Å². The normalized spacial score (nSPS) is 11.2. The molecule has 2 aromatic carbocycles. The lowest BCUT2D eigenvalue weighted by Crippen LogP contribution is -2.40. The molecule has 0 saturated carbocycles. The van der Waals surface area contributed by atoms with Crippen LogP contribution in [0.1, 0.15) is 36.7 Å². The van der Waals surface area contributed by atoms with E-state index < -0.39 is 0 Å². The third kappa shape index (κ3) is 4.54. The van der Waals surface area contributed by atoms with Gasteiger partial charge in [-0.15, -0.1) is 5.10 Å². The number of nitrogens with zero attached hydrogens (tertiary/aromatic N) is 4. The first-order valence-corrected chi connectivity index (χ1v) is 9.88. The van der Waals surface area contributed by atoms with E-state index in [1.54, 1.807) is 10.6 Å². The summed E-state index contributed by atoms with van der Waals surface area (Å²) in [7, 11) is 0. The van der Waals surface area contributed by atoms with Gasteiger partial charge in [0, 0.05) is 22.9 Å². The Bertz CT molecular complexity index is 1290. The van der Waals surface area contributed by atoms with Gasteiger partial charge in [0.2, 0.25) is 5.95 Å². The van der Waals surface area contributed by atoms with Gasteiger partial charge in [-0.3, -0.25) is 4.79 Å². The monoisotopic (exact) mass is 410 g/mol. The van der Waals surface area contributed by atoms with Gasteiger partial charge in [-0.05, 0) is 62.7 Å². The second-order valence-electron chi connectivity index (χ2n) is 8.22. The van der Waals surface area contributed by atoms with E-state index in [1.807, 2.05) is 81.6 Å². The minimum Gasteiger partial charge on any atom is -0.347 e. The number of pyridine rings is 1. The summed E-state index contributed by atoms with van der Waals surface area (Å²) >= 11 is 0. The van der Waals surface area contributed by atoms with Crippen molar-refractivity contribution in [3.05, 3.63) is 78.0 Å². The van der Waals surface area contributed by atoms with Gasteiger partial charge in [0.15, 0.2) is 5.65 Å². The Hall–Kier alpha value is -4.18. The number of anilines is 2. The molecule has 7 heteroatoms. The number of nitrogens with one attached hydrogen (secondary N) is 2. The van der Waals surface area contributed by atoms with Crippen LogP contribution in [-0.2, 0) is 0 Å². The molecule has 0 aliphatic heterocycles. The minimum atomic E-state index is -0.284. The fourth-order valence-electron chi connectivity index (χ4n) is 3.14. The zero-order valence-corrected chi connectivity index (χ0v) is 17.5. The number of carbonyl (C=O) groups excluding carboxylic acids is 1. The zero-order valence-electron chi connectivity index (χ0n) is 17.5. The summed E-state index contributed by atoms with van der Waals surface area (Å²) in [5, 5.41) is 19.8. The number of carbonyl (C=O) groups is 1. The fraction of sp³-hybridized carbons (Fsp3) is 0.167. The lowest BCUT2D eigenvalue weighted by atomic mass is 10.0. The number of hydrogen-bond donors (Lipinski definition) is 2. The molecule has 2 aromatic heterocycles. The number of para-hydroxylation sites is 1. The first-order valence-electron chi connectivity index (χ1n) is 9.88. The number of hydrogen-bond acceptors (Lipinski definition) is 5. The molecule has 2 N–H and O–H groups in total. The maximum absolute atomic E-state index is 12.3. The Balaban J connectivity index is 1.57. The van der Waals surface area contributed by atoms with Crippen LogP contribution in [0, 0.1) is 11.3 Å². The van der Waals surface area contributed by atoms with E-state index in [0.29, 0.717) is 28.4 Å². The average Bonchev–Trinajstić information content (AvgIpc) is 3.14. The summed E-state index contributed by atoms with van der Waals surface area (Å²) in [6.45, 7) is 5.86. The quantitative estimate of drug-likeness (QED) is 0.515. The molecule has 0 saturated heterocycles. The van der Waals surface area contributed by atoms with Crippen LogP contribution in [0.4, 0.5) is 11.6 Å². The lowest BCUT2D eigenvalue weighted by molar-refractivity contribution is 0.0919. The summed E-state index contributed by atoms with van der Waals surface area (Å²) in [6.07, 6.45) is 1.88. The minimum absolute atomic E-state index is 0.0980. The fourth-order valence-corrected chi connectivity index (χ4v) is 3.14. The Morgan fingerprint density at radius 1 is 1.00 bits per heavy atom. The number of amides is 1. The molecule has 0 unspecified atom stereocenters. The van der Waals surface area contributed by atoms with Crippen molar-refractivity contribution in [2.45, 2.75) is 26.3 Å². The van der Waals surface area contributed by atoms with Gasteiger partial charge in [0.25, 0.3) is 5.91 Å². The van der Waals surface area contributed by atoms with Crippen molar-refractivity contribution in [3.63, 3.8) is 0 Å². The molecule has 4 rings (SSSR count). The molecular weight excluding hydrogens is 388 g/mol. The molecule has 1 amide bonds. The summed E-state index contributed by atoms with van der Waals surface area (Å²) in [6, 6.07) is 20.7. The first kappa shape index (κ1) is 20.1. The highest BCUT2D eigenvalue weighted by molar-refractivity contribution is 5.95. The van der Waals surface area contributed by atoms with Crippen LogP contribution >= 0.6 is 0 Å². The molecule has 0 atom stereocenters. The Kier molecular flexibility index (Phi) is 5.14. The van der Waals surface area contributed by atoms with Crippen LogP contribution in [0.3, 0.4) is 0 Å². The van der Waals surface area contributed by atoms with Crippen molar-refractivity contribution in [1.82, 2.24) is 19.9 Å². The number of aromatic nitrogens is 3. The van der Waals surface area contributed by atoms with Gasteiger partial charge in [0.05, 0.1) is 11.3 Å². The third-order valence-electron chi connectivity index (χ3n) is 4.59. The predicted octanol–water partition coefficient (Wildman–Crippen LogP) is 4.54. The molecule has 7 nitrogen and oxygen atoms in total. The molecule has 0 bridgehead atoms. The van der Waals surface area contributed by atoms with E-state index in [-0.39, 0.29) is 11.4 Å². The standard InChI is InChI=1S/C24H22N6O/c1-24(2,3)28-22(31)17-10-8-16(9-11-17)19-12-13-21-27-23(29-30(21)15-19)26-20-7-5-4-6-18(20)14-25/h4-13,15H,1-3H3,(H,26,29)(H,28,31). The van der Waals surface area contributed by atoms with Crippen LogP contribution < -0.4 is 10.6 Å². The van der Waals surface area contributed by atoms with E-state index in [9.17, 15) is 10.1 Å². The highest BCUT2D eigenvalue weighted by atomic mass is 16.1. The maximum atomic E-state index is 12.3. The molecule has 0 aliphatic carbocycles. The smallest absolute Gasteiger partial charge is 0.251 e. The van der Waals surface area contributed by atoms with E-state index >= 15 is 0 Å². The summed E-state index contributed by atoms with van der Waals surface area (Å²) in [4.78, 5) is 16.8. The van der Waals surface area contributed by atoms with Crippen LogP contribution in [0.5, 0.6) is 0 Å². The highest BCUT2D eigenvalue weighted by Crippen LogP contribution is 2.22. The molecule has 0 spiro atoms. The molecule has 0 aliphatic rings. The van der Waals surface area contributed by atoms with Crippen molar-refractivity contribution >= 4 is 23.2 Å². The molecule has 4 aromatic rings. The average molecular weight is 410 g/mol. The predicted molar refractivity (Wildman–Crippen MR) is 120 cm³/mol.